The molecule has 0 saturated heterocycles. The molecule has 0 bridgehead atoms. The highest BCUT2D eigenvalue weighted by Crippen LogP contribution is 2.07. The Bertz CT molecular complexity index is 397. The number of nitrogens with one attached hydrogen (secondary N) is 1. The molecular weight excluding hydrogens is 228 g/mol. The SMILES string of the molecule is CCc1cccnc1CNCC(=O)OC(C)(C)C. The number of carbonyl (C=O) groups excluding carboxylic acids is 1. The third-order valence-electron chi connectivity index (χ3n) is 2.35. The second kappa shape index (κ2) is 6.50. The Morgan fingerprint density at radius 1 is 1.44 bits per heavy atom. The second-order valence-electron chi connectivity index (χ2n) is 5.15. The Balaban J connectivity index is 2.40. The number of esters is 1. The van der Waals surface area contributed by atoms with E-state index in [9.17, 15) is 4.79 Å². The molecule has 18 heavy (non-hydrogen) atoms. The van der Waals surface area contributed by atoms with Gasteiger partial charge in [0.1, 0.15) is 5.60 Å². The predicted octanol–water partition coefficient (Wildman–Crippen LogP) is 2.08. The smallest absolute Gasteiger partial charge is 0.320 e. The van der Waals surface area contributed by atoms with Gasteiger partial charge in [-0.3, -0.25) is 9.78 Å². The van der Waals surface area contributed by atoms with Crippen LogP contribution in [0.3, 0.4) is 0 Å². The second-order valence-corrected chi connectivity index (χ2v) is 5.15. The number of hydrogen-bond acceptors (Lipinski definition) is 4. The van der Waals surface area contributed by atoms with Crippen LogP contribution in [0, 0.1) is 0 Å². The lowest BCUT2D eigenvalue weighted by Gasteiger charge is -2.19. The van der Waals surface area contributed by atoms with Crippen LogP contribution >= 0.6 is 0 Å². The van der Waals surface area contributed by atoms with E-state index < -0.39 is 5.60 Å². The number of carbonyl (C=O) groups is 1. The summed E-state index contributed by atoms with van der Waals surface area (Å²) in [5, 5.41) is 3.06. The van der Waals surface area contributed by atoms with Gasteiger partial charge < -0.3 is 10.1 Å². The maximum Gasteiger partial charge on any atom is 0.320 e. The summed E-state index contributed by atoms with van der Waals surface area (Å²) < 4.78 is 5.21. The zero-order chi connectivity index (χ0) is 13.6. The fourth-order valence-corrected chi connectivity index (χ4v) is 1.61. The van der Waals surface area contributed by atoms with Gasteiger partial charge in [-0.25, -0.2) is 0 Å². The van der Waals surface area contributed by atoms with E-state index in [0.29, 0.717) is 6.54 Å². The first-order valence-electron chi connectivity index (χ1n) is 6.27. The highest BCUT2D eigenvalue weighted by atomic mass is 16.6. The molecule has 1 N–H and O–H groups in total. The first kappa shape index (κ1) is 14.6. The van der Waals surface area contributed by atoms with Crippen LogP contribution in [0.2, 0.25) is 0 Å². The molecule has 0 aliphatic heterocycles. The molecule has 0 unspecified atom stereocenters. The minimum Gasteiger partial charge on any atom is -0.459 e. The summed E-state index contributed by atoms with van der Waals surface area (Å²) in [6, 6.07) is 3.98. The molecule has 4 nitrogen and oxygen atoms in total. The van der Waals surface area contributed by atoms with Gasteiger partial charge in [-0.2, -0.15) is 0 Å². The molecule has 100 valence electrons. The lowest BCUT2D eigenvalue weighted by atomic mass is 10.1. The Hall–Kier alpha value is -1.42. The van der Waals surface area contributed by atoms with Crippen molar-refractivity contribution in [1.29, 1.82) is 0 Å². The van der Waals surface area contributed by atoms with E-state index in [0.717, 1.165) is 12.1 Å². The lowest BCUT2D eigenvalue weighted by molar-refractivity contribution is -0.153. The molecule has 0 fully saturated rings. The van der Waals surface area contributed by atoms with Gasteiger partial charge in [-0.05, 0) is 38.8 Å². The van der Waals surface area contributed by atoms with Crippen molar-refractivity contribution in [2.45, 2.75) is 46.3 Å². The van der Waals surface area contributed by atoms with Crippen molar-refractivity contribution in [3.8, 4) is 0 Å². The van der Waals surface area contributed by atoms with E-state index in [1.807, 2.05) is 26.8 Å². The van der Waals surface area contributed by atoms with Crippen LogP contribution in [-0.4, -0.2) is 23.1 Å². The van der Waals surface area contributed by atoms with Gasteiger partial charge in [-0.1, -0.05) is 13.0 Å². The number of pyridine rings is 1. The molecule has 0 radical (unpaired) electrons. The van der Waals surface area contributed by atoms with Crippen molar-refractivity contribution in [1.82, 2.24) is 10.3 Å². The summed E-state index contributed by atoms with van der Waals surface area (Å²) in [5.74, 6) is -0.239. The third kappa shape index (κ3) is 5.27. The molecule has 4 heteroatoms. The van der Waals surface area contributed by atoms with Crippen LogP contribution in [0.1, 0.15) is 39.0 Å². The average molecular weight is 250 g/mol. The number of aryl methyl sites for hydroxylation is 1. The number of nitrogens with zero attached hydrogens (tertiary/aromatic N) is 1. The van der Waals surface area contributed by atoms with Gasteiger partial charge in [0.15, 0.2) is 0 Å². The summed E-state index contributed by atoms with van der Waals surface area (Å²) in [4.78, 5) is 15.8. The molecule has 0 aliphatic rings. The van der Waals surface area contributed by atoms with Gasteiger partial charge in [-0.15, -0.1) is 0 Å². The molecule has 0 aliphatic carbocycles. The van der Waals surface area contributed by atoms with Crippen molar-refractivity contribution >= 4 is 5.97 Å². The van der Waals surface area contributed by atoms with Crippen LogP contribution in [-0.2, 0) is 22.5 Å². The average Bonchev–Trinajstić information content (AvgIpc) is 2.27. The Kier molecular flexibility index (Phi) is 5.28. The highest BCUT2D eigenvalue weighted by molar-refractivity contribution is 5.72. The number of ether oxygens (including phenoxy) is 1. The molecular formula is C14H22N2O2. The van der Waals surface area contributed by atoms with Crippen molar-refractivity contribution in [3.05, 3.63) is 29.6 Å². The number of hydrogen-bond donors (Lipinski definition) is 1. The minimum absolute atomic E-state index is 0.205. The molecule has 0 spiro atoms. The lowest BCUT2D eigenvalue weighted by Crippen LogP contribution is -2.31. The van der Waals surface area contributed by atoms with Crippen LogP contribution in [0.15, 0.2) is 18.3 Å². The Morgan fingerprint density at radius 3 is 2.78 bits per heavy atom. The standard InChI is InChI=1S/C14H22N2O2/c1-5-11-7-6-8-16-12(11)9-15-10-13(17)18-14(2,3)4/h6-8,15H,5,9-10H2,1-4H3. The summed E-state index contributed by atoms with van der Waals surface area (Å²) in [5.41, 5.74) is 1.76. The van der Waals surface area contributed by atoms with E-state index in [2.05, 4.69) is 23.3 Å². The van der Waals surface area contributed by atoms with Crippen LogP contribution in [0.25, 0.3) is 0 Å². The van der Waals surface area contributed by atoms with E-state index in [4.69, 9.17) is 4.74 Å². The summed E-state index contributed by atoms with van der Waals surface area (Å²) in [6.07, 6.45) is 2.71. The maximum atomic E-state index is 11.5. The van der Waals surface area contributed by atoms with E-state index in [1.165, 1.54) is 5.56 Å². The third-order valence-corrected chi connectivity index (χ3v) is 2.35. The fourth-order valence-electron chi connectivity index (χ4n) is 1.61. The first-order chi connectivity index (χ1) is 8.42. The largest absolute Gasteiger partial charge is 0.459 e. The Morgan fingerprint density at radius 2 is 2.17 bits per heavy atom. The Labute approximate surface area is 109 Å². The van der Waals surface area contributed by atoms with E-state index >= 15 is 0 Å². The normalized spacial score (nSPS) is 11.3. The van der Waals surface area contributed by atoms with Gasteiger partial charge in [0.25, 0.3) is 0 Å². The molecule has 1 rings (SSSR count). The van der Waals surface area contributed by atoms with Gasteiger partial charge in [0.05, 0.1) is 12.2 Å². The van der Waals surface area contributed by atoms with Crippen LogP contribution in [0.4, 0.5) is 0 Å². The molecule has 0 atom stereocenters. The summed E-state index contributed by atoms with van der Waals surface area (Å²) in [6.45, 7) is 8.46. The monoisotopic (exact) mass is 250 g/mol. The highest BCUT2D eigenvalue weighted by Gasteiger charge is 2.15. The van der Waals surface area contributed by atoms with Crippen molar-refractivity contribution < 1.29 is 9.53 Å². The number of aromatic nitrogens is 1. The van der Waals surface area contributed by atoms with Crippen molar-refractivity contribution in [2.24, 2.45) is 0 Å². The van der Waals surface area contributed by atoms with E-state index in [-0.39, 0.29) is 12.5 Å². The zero-order valence-electron chi connectivity index (χ0n) is 11.6. The topological polar surface area (TPSA) is 51.2 Å². The van der Waals surface area contributed by atoms with Crippen molar-refractivity contribution in [3.63, 3.8) is 0 Å². The molecule has 0 amide bonds. The number of rotatable bonds is 5. The molecule has 0 saturated carbocycles. The van der Waals surface area contributed by atoms with Gasteiger partial charge in [0, 0.05) is 12.7 Å². The fraction of sp³-hybridized carbons (Fsp3) is 0.571. The van der Waals surface area contributed by atoms with E-state index in [1.54, 1.807) is 6.20 Å². The molecule has 1 aromatic rings. The van der Waals surface area contributed by atoms with Crippen LogP contribution < -0.4 is 5.32 Å². The molecule has 1 heterocycles. The molecule has 1 aromatic heterocycles. The quantitative estimate of drug-likeness (QED) is 0.813. The van der Waals surface area contributed by atoms with Crippen LogP contribution in [0.5, 0.6) is 0 Å². The molecule has 0 aromatic carbocycles. The zero-order valence-corrected chi connectivity index (χ0v) is 11.6. The summed E-state index contributed by atoms with van der Waals surface area (Å²) in [7, 11) is 0. The minimum atomic E-state index is -0.432. The van der Waals surface area contributed by atoms with Crippen molar-refractivity contribution in [2.75, 3.05) is 6.54 Å². The first-order valence-corrected chi connectivity index (χ1v) is 6.27. The van der Waals surface area contributed by atoms with Gasteiger partial charge in [0.2, 0.25) is 0 Å². The maximum absolute atomic E-state index is 11.5. The predicted molar refractivity (Wildman–Crippen MR) is 71.2 cm³/mol. The summed E-state index contributed by atoms with van der Waals surface area (Å²) >= 11 is 0. The van der Waals surface area contributed by atoms with Gasteiger partial charge >= 0.3 is 5.97 Å².